The Balaban J connectivity index is 1.55. The fourth-order valence-electron chi connectivity index (χ4n) is 2.15. The molecule has 0 bridgehead atoms. The smallest absolute Gasteiger partial charge is 0.180 e. The van der Waals surface area contributed by atoms with Gasteiger partial charge in [0.2, 0.25) is 0 Å². The molecule has 1 N–H and O–H groups in total. The molecule has 0 unspecified atom stereocenters. The molecule has 1 aliphatic carbocycles. The summed E-state index contributed by atoms with van der Waals surface area (Å²) in [7, 11) is 0. The molecule has 0 amide bonds. The lowest BCUT2D eigenvalue weighted by Gasteiger charge is -2.08. The fraction of sp³-hybridized carbons (Fsp3) is 0.727. The fourth-order valence-corrected chi connectivity index (χ4v) is 2.15. The van der Waals surface area contributed by atoms with Gasteiger partial charge in [-0.2, -0.15) is 0 Å². The topological polar surface area (TPSA) is 38.1 Å². The first kappa shape index (κ1) is 9.71. The maximum atomic E-state index is 5.13. The third-order valence-electron chi connectivity index (χ3n) is 2.99. The highest BCUT2D eigenvalue weighted by atomic mass is 16.3. The van der Waals surface area contributed by atoms with Gasteiger partial charge in [-0.05, 0) is 18.9 Å². The van der Waals surface area contributed by atoms with Crippen LogP contribution >= 0.6 is 0 Å². The zero-order chi connectivity index (χ0) is 9.64. The molecule has 1 heterocycles. The molecule has 78 valence electrons. The Morgan fingerprint density at radius 3 is 3.00 bits per heavy atom. The molecule has 0 atom stereocenters. The van der Waals surface area contributed by atoms with Gasteiger partial charge in [-0.25, -0.2) is 4.98 Å². The molecule has 3 nitrogen and oxygen atoms in total. The molecule has 2 rings (SSSR count). The summed E-state index contributed by atoms with van der Waals surface area (Å²) in [5.74, 6) is 1.90. The highest BCUT2D eigenvalue weighted by molar-refractivity contribution is 4.86. The third kappa shape index (κ3) is 2.84. The van der Waals surface area contributed by atoms with E-state index >= 15 is 0 Å². The molecular formula is C11H18N2O. The summed E-state index contributed by atoms with van der Waals surface area (Å²) >= 11 is 0. The third-order valence-corrected chi connectivity index (χ3v) is 2.99. The van der Waals surface area contributed by atoms with E-state index < -0.39 is 0 Å². The quantitative estimate of drug-likeness (QED) is 0.731. The van der Waals surface area contributed by atoms with Crippen LogP contribution in [0.15, 0.2) is 17.0 Å². The Morgan fingerprint density at radius 1 is 1.43 bits per heavy atom. The van der Waals surface area contributed by atoms with Crippen LogP contribution in [0.2, 0.25) is 0 Å². The highest BCUT2D eigenvalue weighted by Crippen LogP contribution is 2.26. The number of nitrogens with one attached hydrogen (secondary N) is 1. The van der Waals surface area contributed by atoms with E-state index in [1.165, 1.54) is 38.5 Å². The molecule has 3 heteroatoms. The number of rotatable bonds is 5. The summed E-state index contributed by atoms with van der Waals surface area (Å²) in [6.07, 6.45) is 10.3. The Labute approximate surface area is 84.9 Å². The molecule has 1 aliphatic rings. The second kappa shape index (κ2) is 5.15. The first-order valence-electron chi connectivity index (χ1n) is 5.53. The number of hydrogen-bond donors (Lipinski definition) is 1. The van der Waals surface area contributed by atoms with Crippen LogP contribution in [0.4, 0.5) is 0 Å². The zero-order valence-corrected chi connectivity index (χ0v) is 8.54. The van der Waals surface area contributed by atoms with E-state index in [1.54, 1.807) is 6.20 Å². The average molecular weight is 194 g/mol. The molecule has 1 fully saturated rings. The van der Waals surface area contributed by atoms with Gasteiger partial charge in [-0.1, -0.05) is 25.7 Å². The molecule has 14 heavy (non-hydrogen) atoms. The van der Waals surface area contributed by atoms with Crippen LogP contribution in [0, 0.1) is 5.92 Å². The van der Waals surface area contributed by atoms with Gasteiger partial charge in [0, 0.05) is 0 Å². The van der Waals surface area contributed by atoms with E-state index in [0.29, 0.717) is 0 Å². The van der Waals surface area contributed by atoms with Gasteiger partial charge < -0.3 is 9.73 Å². The number of nitrogens with zero attached hydrogens (tertiary/aromatic N) is 1. The van der Waals surface area contributed by atoms with Crippen LogP contribution in [-0.2, 0) is 6.54 Å². The molecular weight excluding hydrogens is 176 g/mol. The zero-order valence-electron chi connectivity index (χ0n) is 8.54. The van der Waals surface area contributed by atoms with Crippen molar-refractivity contribution in [1.29, 1.82) is 0 Å². The SMILES string of the molecule is c1ncc(CNCCC2CCCC2)o1. The van der Waals surface area contributed by atoms with Gasteiger partial charge in [0.05, 0.1) is 12.7 Å². The van der Waals surface area contributed by atoms with Crippen LogP contribution in [0.1, 0.15) is 37.9 Å². The van der Waals surface area contributed by atoms with Gasteiger partial charge >= 0.3 is 0 Å². The Kier molecular flexibility index (Phi) is 3.57. The minimum Gasteiger partial charge on any atom is -0.447 e. The summed E-state index contributed by atoms with van der Waals surface area (Å²) < 4.78 is 5.13. The van der Waals surface area contributed by atoms with Crippen LogP contribution < -0.4 is 5.32 Å². The van der Waals surface area contributed by atoms with E-state index in [1.807, 2.05) is 0 Å². The lowest BCUT2D eigenvalue weighted by molar-refractivity contribution is 0.445. The van der Waals surface area contributed by atoms with Gasteiger partial charge in [0.1, 0.15) is 5.76 Å². The van der Waals surface area contributed by atoms with Crippen molar-refractivity contribution >= 4 is 0 Å². The van der Waals surface area contributed by atoms with Crippen molar-refractivity contribution in [2.24, 2.45) is 5.92 Å². The van der Waals surface area contributed by atoms with E-state index in [9.17, 15) is 0 Å². The lowest BCUT2D eigenvalue weighted by atomic mass is 10.0. The summed E-state index contributed by atoms with van der Waals surface area (Å²) in [4.78, 5) is 3.87. The molecule has 0 saturated heterocycles. The molecule has 0 radical (unpaired) electrons. The predicted octanol–water partition coefficient (Wildman–Crippen LogP) is 2.34. The van der Waals surface area contributed by atoms with Crippen molar-refractivity contribution in [1.82, 2.24) is 10.3 Å². The average Bonchev–Trinajstić information content (AvgIpc) is 2.86. The van der Waals surface area contributed by atoms with E-state index in [0.717, 1.165) is 24.8 Å². The molecule has 0 aromatic carbocycles. The summed E-state index contributed by atoms with van der Waals surface area (Å²) in [6, 6.07) is 0. The molecule has 1 saturated carbocycles. The van der Waals surface area contributed by atoms with Gasteiger partial charge in [-0.3, -0.25) is 0 Å². The lowest BCUT2D eigenvalue weighted by Crippen LogP contribution is -2.16. The Morgan fingerprint density at radius 2 is 2.29 bits per heavy atom. The van der Waals surface area contributed by atoms with Crippen LogP contribution in [0.25, 0.3) is 0 Å². The Bertz CT molecular complexity index is 240. The summed E-state index contributed by atoms with van der Waals surface area (Å²) in [5, 5.41) is 3.38. The first-order chi connectivity index (χ1) is 6.95. The van der Waals surface area contributed by atoms with E-state index in [2.05, 4.69) is 10.3 Å². The second-order valence-electron chi connectivity index (χ2n) is 4.08. The highest BCUT2D eigenvalue weighted by Gasteiger charge is 2.13. The summed E-state index contributed by atoms with van der Waals surface area (Å²) in [5.41, 5.74) is 0. The van der Waals surface area contributed by atoms with Crippen molar-refractivity contribution in [3.8, 4) is 0 Å². The Hall–Kier alpha value is -0.830. The van der Waals surface area contributed by atoms with Crippen molar-refractivity contribution in [2.45, 2.75) is 38.6 Å². The van der Waals surface area contributed by atoms with Crippen molar-refractivity contribution < 1.29 is 4.42 Å². The van der Waals surface area contributed by atoms with Crippen molar-refractivity contribution in [3.63, 3.8) is 0 Å². The normalized spacial score (nSPS) is 17.7. The van der Waals surface area contributed by atoms with Gasteiger partial charge in [0.15, 0.2) is 6.39 Å². The van der Waals surface area contributed by atoms with Gasteiger partial charge in [0.25, 0.3) is 0 Å². The minimum atomic E-state index is 0.812. The predicted molar refractivity (Wildman–Crippen MR) is 54.8 cm³/mol. The first-order valence-corrected chi connectivity index (χ1v) is 5.53. The van der Waals surface area contributed by atoms with Crippen LogP contribution in [-0.4, -0.2) is 11.5 Å². The number of oxazole rings is 1. The largest absolute Gasteiger partial charge is 0.447 e. The second-order valence-corrected chi connectivity index (χ2v) is 4.08. The molecule has 1 aromatic rings. The van der Waals surface area contributed by atoms with Crippen molar-refractivity contribution in [3.05, 3.63) is 18.4 Å². The molecule has 0 spiro atoms. The van der Waals surface area contributed by atoms with E-state index in [-0.39, 0.29) is 0 Å². The molecule has 1 aromatic heterocycles. The maximum absolute atomic E-state index is 5.13. The minimum absolute atomic E-state index is 0.812. The van der Waals surface area contributed by atoms with Gasteiger partial charge in [-0.15, -0.1) is 0 Å². The van der Waals surface area contributed by atoms with Crippen molar-refractivity contribution in [2.75, 3.05) is 6.54 Å². The number of aromatic nitrogens is 1. The molecule has 0 aliphatic heterocycles. The van der Waals surface area contributed by atoms with Crippen LogP contribution in [0.5, 0.6) is 0 Å². The van der Waals surface area contributed by atoms with Crippen LogP contribution in [0.3, 0.4) is 0 Å². The summed E-state index contributed by atoms with van der Waals surface area (Å²) in [6.45, 7) is 1.91. The standard InChI is InChI=1S/C11H18N2O/c1-2-4-10(3-1)5-6-12-7-11-8-13-9-14-11/h8-10,12H,1-7H2. The van der Waals surface area contributed by atoms with E-state index in [4.69, 9.17) is 4.42 Å². The number of hydrogen-bond acceptors (Lipinski definition) is 3. The monoisotopic (exact) mass is 194 g/mol. The maximum Gasteiger partial charge on any atom is 0.180 e.